The van der Waals surface area contributed by atoms with Crippen molar-refractivity contribution in [2.24, 2.45) is 5.92 Å². The summed E-state index contributed by atoms with van der Waals surface area (Å²) < 4.78 is 0. The predicted octanol–water partition coefficient (Wildman–Crippen LogP) is 3.16. The van der Waals surface area contributed by atoms with E-state index in [1.807, 2.05) is 6.92 Å². The van der Waals surface area contributed by atoms with Crippen LogP contribution in [-0.2, 0) is 4.79 Å². The molecule has 0 saturated heterocycles. The van der Waals surface area contributed by atoms with Gasteiger partial charge in [-0.1, -0.05) is 34.1 Å². The molecule has 1 N–H and O–H groups in total. The Hall–Kier alpha value is -0.370. The molecule has 0 aliphatic rings. The van der Waals surface area contributed by atoms with Crippen LogP contribution in [0.1, 0.15) is 59.8 Å². The second-order valence-corrected chi connectivity index (χ2v) is 4.70. The van der Waals surface area contributed by atoms with E-state index < -0.39 is 0 Å². The van der Waals surface area contributed by atoms with Crippen molar-refractivity contribution in [1.82, 2.24) is 5.32 Å². The van der Waals surface area contributed by atoms with Crippen LogP contribution in [0.25, 0.3) is 0 Å². The van der Waals surface area contributed by atoms with Crippen molar-refractivity contribution in [3.05, 3.63) is 0 Å². The second kappa shape index (κ2) is 8.90. The number of hydrogen-bond acceptors (Lipinski definition) is 2. The Morgan fingerprint density at radius 3 is 2.33 bits per heavy atom. The molecule has 1 atom stereocenters. The van der Waals surface area contributed by atoms with Crippen molar-refractivity contribution >= 4 is 5.78 Å². The number of rotatable bonds is 9. The minimum atomic E-state index is 0.263. The van der Waals surface area contributed by atoms with Crippen LogP contribution in [0.5, 0.6) is 0 Å². The van der Waals surface area contributed by atoms with Gasteiger partial charge in [-0.25, -0.2) is 0 Å². The van der Waals surface area contributed by atoms with Gasteiger partial charge in [0.05, 0.1) is 0 Å². The molecular formula is C13H27NO. The fourth-order valence-electron chi connectivity index (χ4n) is 1.47. The zero-order valence-electron chi connectivity index (χ0n) is 10.8. The van der Waals surface area contributed by atoms with Crippen LogP contribution in [0.3, 0.4) is 0 Å². The van der Waals surface area contributed by atoms with Gasteiger partial charge in [-0.3, -0.25) is 4.79 Å². The molecule has 0 aromatic rings. The van der Waals surface area contributed by atoms with Gasteiger partial charge in [0.25, 0.3) is 0 Å². The lowest BCUT2D eigenvalue weighted by Crippen LogP contribution is -2.23. The summed E-state index contributed by atoms with van der Waals surface area (Å²) in [7, 11) is 0. The number of unbranched alkanes of at least 4 members (excludes halogenated alkanes) is 2. The Labute approximate surface area is 94.8 Å². The fourth-order valence-corrected chi connectivity index (χ4v) is 1.47. The van der Waals surface area contributed by atoms with Crippen LogP contribution >= 0.6 is 0 Å². The van der Waals surface area contributed by atoms with Crippen LogP contribution in [-0.4, -0.2) is 18.4 Å². The smallest absolute Gasteiger partial charge is 0.135 e. The van der Waals surface area contributed by atoms with Crippen LogP contribution in [0, 0.1) is 5.92 Å². The van der Waals surface area contributed by atoms with Gasteiger partial charge in [-0.15, -0.1) is 0 Å². The van der Waals surface area contributed by atoms with E-state index >= 15 is 0 Å². The molecule has 2 heteroatoms. The molecule has 90 valence electrons. The minimum absolute atomic E-state index is 0.263. The van der Waals surface area contributed by atoms with E-state index in [0.29, 0.717) is 11.8 Å². The zero-order valence-corrected chi connectivity index (χ0v) is 10.8. The van der Waals surface area contributed by atoms with Crippen molar-refractivity contribution in [2.75, 3.05) is 6.54 Å². The van der Waals surface area contributed by atoms with Crippen LogP contribution in [0.4, 0.5) is 0 Å². The lowest BCUT2D eigenvalue weighted by molar-refractivity contribution is -0.122. The second-order valence-electron chi connectivity index (χ2n) is 4.70. The first kappa shape index (κ1) is 14.6. The lowest BCUT2D eigenvalue weighted by Gasteiger charge is -2.08. The molecule has 0 fully saturated rings. The molecular weight excluding hydrogens is 186 g/mol. The fraction of sp³-hybridized carbons (Fsp3) is 0.923. The molecule has 0 aliphatic carbocycles. The van der Waals surface area contributed by atoms with Crippen molar-refractivity contribution in [3.8, 4) is 0 Å². The Bertz CT molecular complexity index is 166. The molecule has 0 heterocycles. The van der Waals surface area contributed by atoms with Crippen molar-refractivity contribution in [2.45, 2.75) is 65.8 Å². The standard InChI is InChI=1S/C13H27NO/c1-5-12(4)13(15)9-7-6-8-10-14-11(2)3/h11-12,14H,5-10H2,1-4H3. The summed E-state index contributed by atoms with van der Waals surface area (Å²) in [4.78, 5) is 11.5. The summed E-state index contributed by atoms with van der Waals surface area (Å²) in [5, 5.41) is 3.38. The Balaban J connectivity index is 3.27. The maximum atomic E-state index is 11.5. The average molecular weight is 213 g/mol. The quantitative estimate of drug-likeness (QED) is 0.596. The third-order valence-corrected chi connectivity index (χ3v) is 2.81. The Morgan fingerprint density at radius 2 is 1.80 bits per heavy atom. The topological polar surface area (TPSA) is 29.1 Å². The number of ketones is 1. The lowest BCUT2D eigenvalue weighted by atomic mass is 9.99. The molecule has 15 heavy (non-hydrogen) atoms. The van der Waals surface area contributed by atoms with Crippen LogP contribution in [0.15, 0.2) is 0 Å². The summed E-state index contributed by atoms with van der Waals surface area (Å²) in [5.41, 5.74) is 0. The minimum Gasteiger partial charge on any atom is -0.315 e. The highest BCUT2D eigenvalue weighted by molar-refractivity contribution is 5.80. The highest BCUT2D eigenvalue weighted by atomic mass is 16.1. The summed E-state index contributed by atoms with van der Waals surface area (Å²) in [6.07, 6.45) is 5.17. The third kappa shape index (κ3) is 8.61. The number of carbonyl (C=O) groups excluding carboxylic acids is 1. The number of Topliss-reactive ketones (excluding diaryl/α,β-unsaturated/α-hetero) is 1. The van der Waals surface area contributed by atoms with Gasteiger partial charge >= 0.3 is 0 Å². The highest BCUT2D eigenvalue weighted by Gasteiger charge is 2.09. The van der Waals surface area contributed by atoms with Gasteiger partial charge in [-0.2, -0.15) is 0 Å². The number of carbonyl (C=O) groups is 1. The summed E-state index contributed by atoms with van der Waals surface area (Å²) in [6.45, 7) is 9.51. The molecule has 0 bridgehead atoms. The van der Waals surface area contributed by atoms with Crippen LogP contribution in [0.2, 0.25) is 0 Å². The molecule has 2 nitrogen and oxygen atoms in total. The molecule has 0 rings (SSSR count). The molecule has 0 aromatic heterocycles. The van der Waals surface area contributed by atoms with Crippen molar-refractivity contribution < 1.29 is 4.79 Å². The van der Waals surface area contributed by atoms with Gasteiger partial charge in [0, 0.05) is 18.4 Å². The normalized spacial score (nSPS) is 13.1. The molecule has 1 unspecified atom stereocenters. The van der Waals surface area contributed by atoms with Crippen molar-refractivity contribution in [1.29, 1.82) is 0 Å². The van der Waals surface area contributed by atoms with Gasteiger partial charge < -0.3 is 5.32 Å². The Morgan fingerprint density at radius 1 is 1.13 bits per heavy atom. The molecule has 0 amide bonds. The first-order valence-corrected chi connectivity index (χ1v) is 6.34. The van der Waals surface area contributed by atoms with Crippen molar-refractivity contribution in [3.63, 3.8) is 0 Å². The summed E-state index contributed by atoms with van der Waals surface area (Å²) in [6, 6.07) is 0.576. The average Bonchev–Trinajstić information content (AvgIpc) is 2.21. The van der Waals surface area contributed by atoms with E-state index in [4.69, 9.17) is 0 Å². The van der Waals surface area contributed by atoms with E-state index in [0.717, 1.165) is 25.8 Å². The maximum Gasteiger partial charge on any atom is 0.135 e. The van der Waals surface area contributed by atoms with E-state index in [2.05, 4.69) is 26.1 Å². The van der Waals surface area contributed by atoms with E-state index in [1.54, 1.807) is 0 Å². The molecule has 0 radical (unpaired) electrons. The molecule has 0 spiro atoms. The molecule has 0 aliphatic heterocycles. The maximum absolute atomic E-state index is 11.5. The van der Waals surface area contributed by atoms with Gasteiger partial charge in [0.1, 0.15) is 5.78 Å². The monoisotopic (exact) mass is 213 g/mol. The third-order valence-electron chi connectivity index (χ3n) is 2.81. The largest absolute Gasteiger partial charge is 0.315 e. The van der Waals surface area contributed by atoms with Gasteiger partial charge in [0.2, 0.25) is 0 Å². The van der Waals surface area contributed by atoms with Gasteiger partial charge in [-0.05, 0) is 25.8 Å². The van der Waals surface area contributed by atoms with E-state index in [-0.39, 0.29) is 5.92 Å². The molecule has 0 saturated carbocycles. The SMILES string of the molecule is CCC(C)C(=O)CCCCCNC(C)C. The highest BCUT2D eigenvalue weighted by Crippen LogP contribution is 2.09. The summed E-state index contributed by atoms with van der Waals surface area (Å²) in [5.74, 6) is 0.702. The predicted molar refractivity (Wildman–Crippen MR) is 66.1 cm³/mol. The first-order chi connectivity index (χ1) is 7.07. The Kier molecular flexibility index (Phi) is 8.68. The van der Waals surface area contributed by atoms with Gasteiger partial charge in [0.15, 0.2) is 0 Å². The zero-order chi connectivity index (χ0) is 11.7. The summed E-state index contributed by atoms with van der Waals surface area (Å²) >= 11 is 0. The van der Waals surface area contributed by atoms with E-state index in [9.17, 15) is 4.79 Å². The molecule has 0 aromatic carbocycles. The van der Waals surface area contributed by atoms with E-state index in [1.165, 1.54) is 12.8 Å². The van der Waals surface area contributed by atoms with Crippen LogP contribution < -0.4 is 5.32 Å². The first-order valence-electron chi connectivity index (χ1n) is 6.34. The number of nitrogens with one attached hydrogen (secondary N) is 1. The number of hydrogen-bond donors (Lipinski definition) is 1.